The van der Waals surface area contributed by atoms with Crippen LogP contribution in [0, 0.1) is 12.7 Å². The predicted octanol–water partition coefficient (Wildman–Crippen LogP) is 4.76. The van der Waals surface area contributed by atoms with Crippen molar-refractivity contribution in [2.75, 3.05) is 18.5 Å². The molecule has 11 heteroatoms. The average molecular weight is 482 g/mol. The normalized spacial score (nSPS) is 19.2. The molecular weight excluding hydrogens is 456 g/mol. The van der Waals surface area contributed by atoms with Gasteiger partial charge in [-0.2, -0.15) is 0 Å². The molecule has 1 aliphatic heterocycles. The highest BCUT2D eigenvalue weighted by Gasteiger charge is 2.42. The highest BCUT2D eigenvalue weighted by atomic mass is 19.3. The van der Waals surface area contributed by atoms with Gasteiger partial charge in [-0.3, -0.25) is 4.79 Å². The number of amides is 1. The monoisotopic (exact) mass is 482 g/mol. The Morgan fingerprint density at radius 2 is 1.79 bits per heavy atom. The molecule has 0 radical (unpaired) electrons. The number of carbonyl (C=O) groups excluding carboxylic acids is 1. The Morgan fingerprint density at radius 3 is 2.41 bits per heavy atom. The summed E-state index contributed by atoms with van der Waals surface area (Å²) in [4.78, 5) is 21.1. The molecule has 7 nitrogen and oxygen atoms in total. The topological polar surface area (TPSA) is 85.4 Å². The quantitative estimate of drug-likeness (QED) is 0.528. The Bertz CT molecular complexity index is 1070. The number of hydrogen-bond acceptors (Lipinski definition) is 6. The first-order valence-corrected chi connectivity index (χ1v) is 11.0. The largest absolute Gasteiger partial charge is 0.363 e. The van der Waals surface area contributed by atoms with Crippen LogP contribution >= 0.6 is 0 Å². The Morgan fingerprint density at radius 1 is 1.15 bits per heavy atom. The zero-order valence-corrected chi connectivity index (χ0v) is 19.0. The maximum absolute atomic E-state index is 15.4. The smallest absolute Gasteiger partial charge is 0.266 e. The third kappa shape index (κ3) is 5.00. The van der Waals surface area contributed by atoms with Gasteiger partial charge in [0.25, 0.3) is 12.3 Å². The molecule has 1 saturated carbocycles. The van der Waals surface area contributed by atoms with Crippen molar-refractivity contribution >= 4 is 11.7 Å². The van der Waals surface area contributed by atoms with Crippen molar-refractivity contribution in [2.45, 2.75) is 64.1 Å². The van der Waals surface area contributed by atoms with Crippen LogP contribution in [0.4, 0.5) is 23.4 Å². The molecule has 2 N–H and O–H groups in total. The zero-order valence-electron chi connectivity index (χ0n) is 19.0. The van der Waals surface area contributed by atoms with E-state index in [4.69, 9.17) is 9.47 Å². The van der Waals surface area contributed by atoms with Gasteiger partial charge in [-0.1, -0.05) is 18.2 Å². The molecule has 1 unspecified atom stereocenters. The fourth-order valence-corrected chi connectivity index (χ4v) is 3.82. The lowest BCUT2D eigenvalue weighted by Crippen LogP contribution is -2.37. The second-order valence-corrected chi connectivity index (χ2v) is 8.82. The van der Waals surface area contributed by atoms with Crippen LogP contribution < -0.4 is 10.6 Å². The fourth-order valence-electron chi connectivity index (χ4n) is 3.82. The van der Waals surface area contributed by atoms with Crippen molar-refractivity contribution in [3.63, 3.8) is 0 Å². The summed E-state index contributed by atoms with van der Waals surface area (Å²) < 4.78 is 67.6. The standard InChI is InChI=1S/C23H26F4N4O3/c1-11(13-5-4-6-14(16(13)24)19(26)27)28-20-15(22-33-9-10-34-22)18(29-12(2)30-20)17(25)21(32)31-23(3)7-8-23/h4-6,11,17,19,22H,7-10H2,1-3H3,(H,31,32)(H,28,29,30)/t11-,17?/m1/s1. The van der Waals surface area contributed by atoms with Crippen molar-refractivity contribution in [1.29, 1.82) is 0 Å². The highest BCUT2D eigenvalue weighted by molar-refractivity contribution is 5.83. The zero-order chi connectivity index (χ0) is 24.6. The van der Waals surface area contributed by atoms with Crippen molar-refractivity contribution in [3.05, 3.63) is 52.2 Å². The van der Waals surface area contributed by atoms with Crippen molar-refractivity contribution in [3.8, 4) is 0 Å². The van der Waals surface area contributed by atoms with Crippen LogP contribution in [0.1, 0.15) is 79.8 Å². The highest BCUT2D eigenvalue weighted by Crippen LogP contribution is 2.39. The number of nitrogens with zero attached hydrogens (tertiary/aromatic N) is 2. The molecule has 1 aliphatic carbocycles. The first kappa shape index (κ1) is 24.3. The van der Waals surface area contributed by atoms with Crippen LogP contribution in [0.5, 0.6) is 0 Å². The second kappa shape index (κ2) is 9.46. The molecule has 184 valence electrons. The van der Waals surface area contributed by atoms with E-state index in [0.29, 0.717) is 0 Å². The maximum atomic E-state index is 15.4. The molecule has 0 spiro atoms. The maximum Gasteiger partial charge on any atom is 0.266 e. The molecule has 0 bridgehead atoms. The van der Waals surface area contributed by atoms with Crippen molar-refractivity contribution in [1.82, 2.24) is 15.3 Å². The van der Waals surface area contributed by atoms with Gasteiger partial charge < -0.3 is 20.1 Å². The molecule has 2 aromatic rings. The van der Waals surface area contributed by atoms with E-state index in [-0.39, 0.29) is 41.7 Å². The number of alkyl halides is 3. The molecule has 1 aromatic heterocycles. The Balaban J connectivity index is 1.71. The van der Waals surface area contributed by atoms with Crippen LogP contribution in [0.15, 0.2) is 18.2 Å². The molecular formula is C23H26F4N4O3. The number of hydrogen-bond donors (Lipinski definition) is 2. The minimum Gasteiger partial charge on any atom is -0.363 e. The number of ether oxygens (including phenoxy) is 2. The molecule has 1 amide bonds. The van der Waals surface area contributed by atoms with Gasteiger partial charge in [-0.15, -0.1) is 0 Å². The van der Waals surface area contributed by atoms with E-state index in [1.54, 1.807) is 6.92 Å². The molecule has 2 aliphatic rings. The summed E-state index contributed by atoms with van der Waals surface area (Å²) >= 11 is 0. The number of aryl methyl sites for hydroxylation is 1. The predicted molar refractivity (Wildman–Crippen MR) is 114 cm³/mol. The number of halogens is 4. The van der Waals surface area contributed by atoms with Gasteiger partial charge in [0.1, 0.15) is 17.5 Å². The fraction of sp³-hybridized carbons (Fsp3) is 0.522. The van der Waals surface area contributed by atoms with Crippen LogP contribution in [0.25, 0.3) is 0 Å². The summed E-state index contributed by atoms with van der Waals surface area (Å²) in [6.07, 6.45) is -4.65. The lowest BCUT2D eigenvalue weighted by Gasteiger charge is -2.24. The lowest BCUT2D eigenvalue weighted by atomic mass is 10.0. The molecule has 1 saturated heterocycles. The van der Waals surface area contributed by atoms with E-state index >= 15 is 4.39 Å². The average Bonchev–Trinajstić information content (AvgIpc) is 3.26. The van der Waals surface area contributed by atoms with Crippen LogP contribution in [-0.4, -0.2) is 34.6 Å². The third-order valence-corrected chi connectivity index (χ3v) is 5.95. The van der Waals surface area contributed by atoms with Gasteiger partial charge in [0, 0.05) is 11.1 Å². The molecule has 4 rings (SSSR count). The number of carbonyl (C=O) groups is 1. The van der Waals surface area contributed by atoms with Crippen LogP contribution in [0.2, 0.25) is 0 Å². The van der Waals surface area contributed by atoms with Crippen LogP contribution in [-0.2, 0) is 14.3 Å². The summed E-state index contributed by atoms with van der Waals surface area (Å²) in [7, 11) is 0. The Labute approximate surface area is 194 Å². The van der Waals surface area contributed by atoms with Gasteiger partial charge in [-0.05, 0) is 33.6 Å². The van der Waals surface area contributed by atoms with Crippen LogP contribution in [0.3, 0.4) is 0 Å². The van der Waals surface area contributed by atoms with Gasteiger partial charge in [-0.25, -0.2) is 27.5 Å². The Kier molecular flexibility index (Phi) is 6.77. The summed E-state index contributed by atoms with van der Waals surface area (Å²) in [5, 5.41) is 5.63. The Hall–Kier alpha value is -2.79. The third-order valence-electron chi connectivity index (χ3n) is 5.95. The van der Waals surface area contributed by atoms with Gasteiger partial charge in [0.2, 0.25) is 6.17 Å². The number of nitrogens with one attached hydrogen (secondary N) is 2. The van der Waals surface area contributed by atoms with Gasteiger partial charge >= 0.3 is 0 Å². The summed E-state index contributed by atoms with van der Waals surface area (Å²) in [5.74, 6) is -1.66. The van der Waals surface area contributed by atoms with E-state index in [9.17, 15) is 18.0 Å². The van der Waals surface area contributed by atoms with Crippen molar-refractivity contribution < 1.29 is 31.8 Å². The summed E-state index contributed by atoms with van der Waals surface area (Å²) in [5.41, 5.74) is -1.33. The van der Waals surface area contributed by atoms with E-state index in [2.05, 4.69) is 20.6 Å². The SMILES string of the molecule is Cc1nc(N[C@H](C)c2cccc(C(F)F)c2F)c(C2OCCO2)c(C(F)C(=O)NC2(C)CC2)n1. The summed E-state index contributed by atoms with van der Waals surface area (Å²) in [6, 6.07) is 2.89. The van der Waals surface area contributed by atoms with Gasteiger partial charge in [0.05, 0.1) is 36.1 Å². The molecule has 34 heavy (non-hydrogen) atoms. The number of aromatic nitrogens is 2. The first-order chi connectivity index (χ1) is 16.1. The first-order valence-electron chi connectivity index (χ1n) is 11.0. The number of rotatable bonds is 8. The van der Waals surface area contributed by atoms with Crippen molar-refractivity contribution in [2.24, 2.45) is 0 Å². The minimum absolute atomic E-state index is 0.0222. The molecule has 2 atom stereocenters. The number of anilines is 1. The summed E-state index contributed by atoms with van der Waals surface area (Å²) in [6.45, 7) is 5.37. The van der Waals surface area contributed by atoms with Gasteiger partial charge in [0.15, 0.2) is 6.29 Å². The lowest BCUT2D eigenvalue weighted by molar-refractivity contribution is -0.127. The minimum atomic E-state index is -2.98. The van der Waals surface area contributed by atoms with E-state index in [1.807, 2.05) is 6.92 Å². The van der Waals surface area contributed by atoms with E-state index in [0.717, 1.165) is 18.9 Å². The van der Waals surface area contributed by atoms with E-state index in [1.165, 1.54) is 19.1 Å². The molecule has 1 aromatic carbocycles. The molecule has 2 fully saturated rings. The molecule has 2 heterocycles. The second-order valence-electron chi connectivity index (χ2n) is 8.82. The number of benzene rings is 1. The van der Waals surface area contributed by atoms with E-state index < -0.39 is 47.8 Å².